The van der Waals surface area contributed by atoms with Crippen LogP contribution in [0.3, 0.4) is 0 Å². The second-order valence-corrected chi connectivity index (χ2v) is 6.22. The minimum absolute atomic E-state index is 0.0203. The van der Waals surface area contributed by atoms with Gasteiger partial charge in [-0.3, -0.25) is 9.59 Å². The van der Waals surface area contributed by atoms with Gasteiger partial charge in [-0.15, -0.1) is 0 Å². The number of hydrogen-bond acceptors (Lipinski definition) is 3. The first-order chi connectivity index (χ1) is 12.6. The number of anilines is 1. The molecule has 1 amide bonds. The number of carbonyl (C=O) groups excluding carboxylic acids is 1. The van der Waals surface area contributed by atoms with Crippen molar-refractivity contribution in [1.82, 2.24) is 9.55 Å². The number of fused-ring (bicyclic) bond motifs is 2. The largest absolute Gasteiger partial charge is 0.331 e. The van der Waals surface area contributed by atoms with Gasteiger partial charge in [0.25, 0.3) is 0 Å². The van der Waals surface area contributed by atoms with E-state index in [1.165, 1.54) is 0 Å². The number of benzene rings is 2. The molecule has 2 heterocycles. The highest BCUT2D eigenvalue weighted by atomic mass is 16.2. The molecule has 0 spiro atoms. The normalized spacial score (nSPS) is 11.0. The summed E-state index contributed by atoms with van der Waals surface area (Å²) in [6.07, 6.45) is 1.71. The highest BCUT2D eigenvalue weighted by Crippen LogP contribution is 2.19. The molecule has 26 heavy (non-hydrogen) atoms. The number of nitrogens with one attached hydrogen (secondary N) is 1. The van der Waals surface area contributed by atoms with E-state index in [2.05, 4.69) is 10.3 Å². The quantitative estimate of drug-likeness (QED) is 0.579. The number of amides is 1. The Morgan fingerprint density at radius 2 is 1.58 bits per heavy atom. The number of nitrogens with zero attached hydrogens (tertiary/aromatic N) is 2. The third-order valence-electron chi connectivity index (χ3n) is 4.36. The van der Waals surface area contributed by atoms with Crippen molar-refractivity contribution >= 4 is 33.5 Å². The van der Waals surface area contributed by atoms with Crippen LogP contribution in [0.15, 0.2) is 71.7 Å². The number of aryl methyl sites for hydroxylation is 1. The van der Waals surface area contributed by atoms with Gasteiger partial charge < -0.3 is 9.88 Å². The second-order valence-electron chi connectivity index (χ2n) is 6.22. The van der Waals surface area contributed by atoms with E-state index < -0.39 is 0 Å². The van der Waals surface area contributed by atoms with Crippen LogP contribution in [-0.4, -0.2) is 15.5 Å². The molecule has 0 unspecified atom stereocenters. The molecule has 0 saturated carbocycles. The van der Waals surface area contributed by atoms with E-state index in [0.717, 1.165) is 16.6 Å². The number of pyridine rings is 2. The smallest absolute Gasteiger partial charge is 0.245 e. The van der Waals surface area contributed by atoms with Crippen LogP contribution < -0.4 is 10.7 Å². The van der Waals surface area contributed by atoms with Crippen LogP contribution in [0.5, 0.6) is 0 Å². The lowest BCUT2D eigenvalue weighted by Crippen LogP contribution is -2.22. The molecule has 0 aliphatic carbocycles. The van der Waals surface area contributed by atoms with Crippen molar-refractivity contribution in [3.05, 3.63) is 82.6 Å². The van der Waals surface area contributed by atoms with Crippen molar-refractivity contribution in [3.63, 3.8) is 0 Å². The van der Waals surface area contributed by atoms with Crippen LogP contribution in [0.1, 0.15) is 5.56 Å². The van der Waals surface area contributed by atoms with Gasteiger partial charge in [0.1, 0.15) is 12.4 Å². The molecular weight excluding hydrogens is 326 g/mol. The van der Waals surface area contributed by atoms with E-state index in [0.29, 0.717) is 16.6 Å². The molecule has 0 aliphatic rings. The lowest BCUT2D eigenvalue weighted by Gasteiger charge is -2.15. The van der Waals surface area contributed by atoms with Crippen molar-refractivity contribution < 1.29 is 4.79 Å². The molecule has 2 aromatic carbocycles. The van der Waals surface area contributed by atoms with Crippen LogP contribution in [0.25, 0.3) is 21.8 Å². The van der Waals surface area contributed by atoms with Crippen molar-refractivity contribution in [2.24, 2.45) is 0 Å². The van der Waals surface area contributed by atoms with Gasteiger partial charge in [0.2, 0.25) is 5.91 Å². The predicted octanol–water partition coefficient (Wildman–Crippen LogP) is 3.50. The maximum absolute atomic E-state index is 12.7. The highest BCUT2D eigenvalue weighted by Gasteiger charge is 2.13. The summed E-state index contributed by atoms with van der Waals surface area (Å²) in [4.78, 5) is 29.5. The fourth-order valence-electron chi connectivity index (χ4n) is 3.11. The zero-order valence-corrected chi connectivity index (χ0v) is 14.3. The number of para-hydroxylation sites is 2. The van der Waals surface area contributed by atoms with E-state index in [9.17, 15) is 9.59 Å². The summed E-state index contributed by atoms with van der Waals surface area (Å²) in [5.74, 6) is 0.315. The van der Waals surface area contributed by atoms with Crippen LogP contribution in [0.2, 0.25) is 0 Å². The van der Waals surface area contributed by atoms with Gasteiger partial charge in [-0.05, 0) is 42.8 Å². The third kappa shape index (κ3) is 2.84. The lowest BCUT2D eigenvalue weighted by atomic mass is 10.1. The van der Waals surface area contributed by atoms with Crippen molar-refractivity contribution in [3.8, 4) is 0 Å². The van der Waals surface area contributed by atoms with Crippen LogP contribution >= 0.6 is 0 Å². The molecule has 2 aromatic heterocycles. The minimum Gasteiger partial charge on any atom is -0.331 e. The standard InChI is InChI=1S/C21H17N3O2/c1-14-10-11-19(22-12-14)23-20(25)13-24-17-8-4-2-6-15(17)21(26)16-7-3-5-9-18(16)24/h2-12H,13H2,1H3,(H,22,23,25). The third-order valence-corrected chi connectivity index (χ3v) is 4.36. The first-order valence-corrected chi connectivity index (χ1v) is 8.36. The second kappa shape index (κ2) is 6.44. The average Bonchev–Trinajstić information content (AvgIpc) is 2.67. The fourth-order valence-corrected chi connectivity index (χ4v) is 3.11. The van der Waals surface area contributed by atoms with Gasteiger partial charge in [-0.25, -0.2) is 4.98 Å². The summed E-state index contributed by atoms with van der Waals surface area (Å²) in [6, 6.07) is 18.4. The molecule has 0 radical (unpaired) electrons. The van der Waals surface area contributed by atoms with E-state index in [1.807, 2.05) is 54.0 Å². The summed E-state index contributed by atoms with van der Waals surface area (Å²) < 4.78 is 1.87. The minimum atomic E-state index is -0.194. The number of aromatic nitrogens is 2. The zero-order valence-electron chi connectivity index (χ0n) is 14.3. The van der Waals surface area contributed by atoms with Gasteiger partial charge in [0, 0.05) is 17.0 Å². The van der Waals surface area contributed by atoms with Crippen molar-refractivity contribution in [2.45, 2.75) is 13.5 Å². The first-order valence-electron chi connectivity index (χ1n) is 8.36. The molecular formula is C21H17N3O2. The monoisotopic (exact) mass is 343 g/mol. The van der Waals surface area contributed by atoms with E-state index >= 15 is 0 Å². The lowest BCUT2D eigenvalue weighted by molar-refractivity contribution is -0.116. The number of hydrogen-bond donors (Lipinski definition) is 1. The van der Waals surface area contributed by atoms with Crippen molar-refractivity contribution in [2.75, 3.05) is 5.32 Å². The number of rotatable bonds is 3. The Bertz CT molecular complexity index is 1120. The Balaban J connectivity index is 1.79. The topological polar surface area (TPSA) is 64.0 Å². The zero-order chi connectivity index (χ0) is 18.1. The van der Waals surface area contributed by atoms with Crippen molar-refractivity contribution in [1.29, 1.82) is 0 Å². The molecule has 1 N–H and O–H groups in total. The average molecular weight is 343 g/mol. The van der Waals surface area contributed by atoms with Gasteiger partial charge in [0.15, 0.2) is 5.43 Å². The molecule has 5 heteroatoms. The van der Waals surface area contributed by atoms with E-state index in [-0.39, 0.29) is 17.9 Å². The van der Waals surface area contributed by atoms with E-state index in [1.54, 1.807) is 24.4 Å². The van der Waals surface area contributed by atoms with Gasteiger partial charge in [-0.2, -0.15) is 0 Å². The summed E-state index contributed by atoms with van der Waals surface area (Å²) in [5, 5.41) is 4.02. The molecule has 4 aromatic rings. The molecule has 4 rings (SSSR count). The Kier molecular flexibility index (Phi) is 3.97. The maximum Gasteiger partial charge on any atom is 0.245 e. The molecule has 0 fully saturated rings. The van der Waals surface area contributed by atoms with Gasteiger partial charge in [-0.1, -0.05) is 30.3 Å². The highest BCUT2D eigenvalue weighted by molar-refractivity contribution is 5.96. The SMILES string of the molecule is Cc1ccc(NC(=O)Cn2c3ccccc3c(=O)c3ccccc32)nc1. The Labute approximate surface area is 149 Å². The predicted molar refractivity (Wildman–Crippen MR) is 103 cm³/mol. The molecule has 5 nitrogen and oxygen atoms in total. The fraction of sp³-hybridized carbons (Fsp3) is 0.0952. The van der Waals surface area contributed by atoms with Crippen LogP contribution in [-0.2, 0) is 11.3 Å². The maximum atomic E-state index is 12.7. The Morgan fingerprint density at radius 1 is 0.962 bits per heavy atom. The Morgan fingerprint density at radius 3 is 2.15 bits per heavy atom. The summed E-state index contributed by atoms with van der Waals surface area (Å²) in [6.45, 7) is 2.04. The van der Waals surface area contributed by atoms with E-state index in [4.69, 9.17) is 0 Å². The molecule has 0 aliphatic heterocycles. The van der Waals surface area contributed by atoms with Gasteiger partial charge in [0.05, 0.1) is 11.0 Å². The first kappa shape index (κ1) is 16.0. The Hall–Kier alpha value is -3.47. The molecule has 0 bridgehead atoms. The summed E-state index contributed by atoms with van der Waals surface area (Å²) in [7, 11) is 0. The molecule has 0 atom stereocenters. The number of carbonyl (C=O) groups is 1. The van der Waals surface area contributed by atoms with Crippen LogP contribution in [0.4, 0.5) is 5.82 Å². The van der Waals surface area contributed by atoms with Gasteiger partial charge >= 0.3 is 0 Å². The van der Waals surface area contributed by atoms with Crippen LogP contribution in [0, 0.1) is 6.92 Å². The molecule has 0 saturated heterocycles. The molecule has 128 valence electrons. The summed E-state index contributed by atoms with van der Waals surface area (Å²) in [5.41, 5.74) is 2.49. The summed E-state index contributed by atoms with van der Waals surface area (Å²) >= 11 is 0.